The first-order valence-corrected chi connectivity index (χ1v) is 4.10. The van der Waals surface area contributed by atoms with Crippen molar-refractivity contribution in [1.82, 2.24) is 4.98 Å². The molecule has 0 N–H and O–H groups in total. The van der Waals surface area contributed by atoms with Gasteiger partial charge in [0.05, 0.1) is 23.3 Å². The Morgan fingerprint density at radius 1 is 1.13 bits per heavy atom. The number of hydrogen-bond acceptors (Lipinski definition) is 4. The van der Waals surface area contributed by atoms with Gasteiger partial charge >= 0.3 is 0 Å². The smallest absolute Gasteiger partial charge is 0.226 e. The molecule has 4 heteroatoms. The second kappa shape index (κ2) is 3.65. The van der Waals surface area contributed by atoms with E-state index in [1.54, 1.807) is 12.1 Å². The van der Waals surface area contributed by atoms with Gasteiger partial charge in [-0.25, -0.2) is 4.98 Å². The lowest BCUT2D eigenvalue weighted by Gasteiger charge is -1.97. The van der Waals surface area contributed by atoms with Crippen LogP contribution in [0.2, 0.25) is 0 Å². The first-order valence-electron chi connectivity index (χ1n) is 4.10. The average Bonchev–Trinajstić information content (AvgIpc) is 2.81. The van der Waals surface area contributed by atoms with Crippen LogP contribution in [-0.4, -0.2) is 4.98 Å². The summed E-state index contributed by atoms with van der Waals surface area (Å²) in [7, 11) is 0. The highest BCUT2D eigenvalue weighted by molar-refractivity contribution is 5.59. The van der Waals surface area contributed by atoms with Crippen LogP contribution in [0.1, 0.15) is 11.1 Å². The summed E-state index contributed by atoms with van der Waals surface area (Å²) in [6.07, 6.45) is 3.84. The first kappa shape index (κ1) is 8.98. The van der Waals surface area contributed by atoms with E-state index in [4.69, 9.17) is 14.9 Å². The van der Waals surface area contributed by atoms with Gasteiger partial charge in [-0.05, 0) is 18.2 Å². The number of rotatable bonds is 1. The largest absolute Gasteiger partial charge is 0.444 e. The van der Waals surface area contributed by atoms with Crippen molar-refractivity contribution in [2.24, 2.45) is 0 Å². The van der Waals surface area contributed by atoms with Crippen molar-refractivity contribution in [2.75, 3.05) is 0 Å². The van der Waals surface area contributed by atoms with Crippen LogP contribution >= 0.6 is 0 Å². The van der Waals surface area contributed by atoms with E-state index >= 15 is 0 Å². The zero-order valence-electron chi connectivity index (χ0n) is 7.56. The average molecular weight is 194 g/mol. The van der Waals surface area contributed by atoms with Crippen LogP contribution in [0.5, 0.6) is 0 Å². The van der Waals surface area contributed by atoms with Crippen LogP contribution in [-0.2, 0) is 0 Å². The second-order valence-electron chi connectivity index (χ2n) is 2.80. The van der Waals surface area contributed by atoms with E-state index in [2.05, 4.69) is 11.2 Å². The molecule has 4 nitrogen and oxygen atoms in total. The minimum absolute atomic E-state index is 0.351. The highest BCUT2D eigenvalue weighted by atomic mass is 16.3. The van der Waals surface area contributed by atoms with Crippen molar-refractivity contribution < 1.29 is 4.42 Å². The van der Waals surface area contributed by atoms with Crippen LogP contribution in [0.4, 0.5) is 0 Å². The molecule has 1 aromatic carbocycles. The van der Waals surface area contributed by atoms with Crippen LogP contribution in [0.25, 0.3) is 11.5 Å². The number of benzene rings is 1. The highest BCUT2D eigenvalue weighted by Gasteiger charge is 2.06. The molecule has 69 valence electrons. The number of hydrogen-bond donors (Lipinski definition) is 0. The lowest BCUT2D eigenvalue weighted by atomic mass is 10.1. The van der Waals surface area contributed by atoms with Gasteiger partial charge < -0.3 is 4.42 Å². The quantitative estimate of drug-likeness (QED) is 0.694. The van der Waals surface area contributed by atoms with Crippen LogP contribution in [0.15, 0.2) is 28.9 Å². The number of nitrogens with zero attached hydrogens (tertiary/aromatic N) is 3. The highest BCUT2D eigenvalue weighted by Crippen LogP contribution is 2.19. The van der Waals surface area contributed by atoms with E-state index < -0.39 is 0 Å². The van der Waals surface area contributed by atoms with E-state index in [9.17, 15) is 0 Å². The van der Waals surface area contributed by atoms with Crippen LogP contribution < -0.4 is 0 Å². The van der Waals surface area contributed by atoms with E-state index in [1.165, 1.54) is 12.3 Å². The summed E-state index contributed by atoms with van der Waals surface area (Å²) in [5.41, 5.74) is 1.41. The third kappa shape index (κ3) is 1.70. The van der Waals surface area contributed by atoms with Crippen molar-refractivity contribution in [3.8, 4) is 23.6 Å². The van der Waals surface area contributed by atoms with Crippen LogP contribution in [0.3, 0.4) is 0 Å². The minimum atomic E-state index is 0.351. The summed E-state index contributed by atoms with van der Waals surface area (Å²) >= 11 is 0. The number of oxazole rings is 1. The lowest BCUT2D eigenvalue weighted by Crippen LogP contribution is -1.84. The molecule has 0 aliphatic rings. The monoisotopic (exact) mass is 194 g/mol. The Bertz CT molecular complexity index is 526. The zero-order valence-corrected chi connectivity index (χ0v) is 7.56. The molecule has 0 saturated heterocycles. The standard InChI is InChI=1S/C11H4N3O/c12-6-8-3-9(7-13)5-10(4-8)11-14-1-2-15-11/h2-5H. The topological polar surface area (TPSA) is 73.6 Å². The molecule has 1 aromatic heterocycles. The maximum atomic E-state index is 8.76. The summed E-state index contributed by atoms with van der Waals surface area (Å²) in [4.78, 5) is 3.83. The van der Waals surface area contributed by atoms with Gasteiger partial charge in [-0.15, -0.1) is 0 Å². The van der Waals surface area contributed by atoms with Gasteiger partial charge in [-0.3, -0.25) is 0 Å². The predicted octanol–water partition coefficient (Wildman–Crippen LogP) is 1.89. The summed E-state index contributed by atoms with van der Waals surface area (Å²) in [5, 5.41) is 17.5. The Labute approximate surface area is 86.0 Å². The third-order valence-corrected chi connectivity index (χ3v) is 1.83. The molecule has 0 unspecified atom stereocenters. The fraction of sp³-hybridized carbons (Fsp3) is 0. The van der Waals surface area contributed by atoms with Gasteiger partial charge in [0.15, 0.2) is 0 Å². The Morgan fingerprint density at radius 3 is 2.27 bits per heavy atom. The molecular formula is C11H4N3O. The van der Waals surface area contributed by atoms with Crippen molar-refractivity contribution in [2.45, 2.75) is 0 Å². The molecule has 0 aliphatic carbocycles. The Kier molecular flexibility index (Phi) is 2.19. The van der Waals surface area contributed by atoms with Gasteiger partial charge in [0.25, 0.3) is 0 Å². The Balaban J connectivity index is 2.59. The number of aromatic nitrogens is 1. The normalized spacial score (nSPS) is 9.20. The second-order valence-corrected chi connectivity index (χ2v) is 2.80. The van der Waals surface area contributed by atoms with Crippen molar-refractivity contribution >= 4 is 0 Å². The van der Waals surface area contributed by atoms with E-state index in [1.807, 2.05) is 12.1 Å². The first-order chi connectivity index (χ1) is 7.33. The van der Waals surface area contributed by atoms with Gasteiger partial charge in [-0.1, -0.05) is 0 Å². The summed E-state index contributed by atoms with van der Waals surface area (Å²) in [5.74, 6) is 0.351. The molecule has 0 bridgehead atoms. The molecule has 1 radical (unpaired) electrons. The maximum absolute atomic E-state index is 8.76. The van der Waals surface area contributed by atoms with Crippen molar-refractivity contribution in [3.63, 3.8) is 0 Å². The molecule has 0 spiro atoms. The lowest BCUT2D eigenvalue weighted by molar-refractivity contribution is 0.574. The Morgan fingerprint density at radius 2 is 1.80 bits per heavy atom. The fourth-order valence-electron chi connectivity index (χ4n) is 1.21. The molecule has 0 saturated carbocycles. The summed E-state index contributed by atoms with van der Waals surface area (Å²) in [6, 6.07) is 8.68. The van der Waals surface area contributed by atoms with E-state index in [0.717, 1.165) is 0 Å². The molecule has 0 atom stereocenters. The molecule has 2 rings (SSSR count). The Hall–Kier alpha value is -2.59. The fourth-order valence-corrected chi connectivity index (χ4v) is 1.21. The molecule has 2 aromatic rings. The van der Waals surface area contributed by atoms with Gasteiger partial charge in [-0.2, -0.15) is 10.5 Å². The predicted molar refractivity (Wildman–Crippen MR) is 50.2 cm³/mol. The zero-order chi connectivity index (χ0) is 10.7. The van der Waals surface area contributed by atoms with Crippen molar-refractivity contribution in [3.05, 3.63) is 41.8 Å². The molecule has 1 heterocycles. The van der Waals surface area contributed by atoms with Gasteiger partial charge in [0.1, 0.15) is 12.5 Å². The SMILES string of the molecule is N#Cc1cc(C#N)cc(-c2n[c]co2)c1. The summed E-state index contributed by atoms with van der Waals surface area (Å²) in [6.45, 7) is 0. The van der Waals surface area contributed by atoms with Gasteiger partial charge in [0.2, 0.25) is 5.89 Å². The molecule has 15 heavy (non-hydrogen) atoms. The van der Waals surface area contributed by atoms with E-state index in [-0.39, 0.29) is 0 Å². The molecular weight excluding hydrogens is 190 g/mol. The van der Waals surface area contributed by atoms with Crippen LogP contribution in [0, 0.1) is 28.9 Å². The number of nitriles is 2. The summed E-state index contributed by atoms with van der Waals surface area (Å²) < 4.78 is 5.03. The molecule has 0 aliphatic heterocycles. The maximum Gasteiger partial charge on any atom is 0.226 e. The van der Waals surface area contributed by atoms with Gasteiger partial charge in [0, 0.05) is 5.56 Å². The van der Waals surface area contributed by atoms with Crippen molar-refractivity contribution in [1.29, 1.82) is 10.5 Å². The third-order valence-electron chi connectivity index (χ3n) is 1.83. The van der Waals surface area contributed by atoms with E-state index in [0.29, 0.717) is 22.6 Å². The minimum Gasteiger partial charge on any atom is -0.444 e. The molecule has 0 amide bonds. The molecule has 0 fully saturated rings.